The summed E-state index contributed by atoms with van der Waals surface area (Å²) in [5, 5.41) is 11.4. The molecule has 0 fully saturated rings. The second-order valence-corrected chi connectivity index (χ2v) is 7.17. The van der Waals surface area contributed by atoms with Gasteiger partial charge in [0.15, 0.2) is 0 Å². The van der Waals surface area contributed by atoms with Crippen LogP contribution in [0.15, 0.2) is 0 Å². The van der Waals surface area contributed by atoms with Crippen molar-refractivity contribution >= 4 is 22.0 Å². The quantitative estimate of drug-likeness (QED) is 0.477. The van der Waals surface area contributed by atoms with Crippen LogP contribution in [0.3, 0.4) is 0 Å². The Morgan fingerprint density at radius 3 is 2.35 bits per heavy atom. The average molecular weight is 309 g/mol. The molecule has 0 heterocycles. The Hall–Kier alpha value is -1.15. The highest BCUT2D eigenvalue weighted by Gasteiger charge is 2.33. The predicted octanol–water partition coefficient (Wildman–Crippen LogP) is 0.606. The topological polar surface area (TPSA) is 110 Å². The van der Waals surface area contributed by atoms with Crippen LogP contribution in [0.5, 0.6) is 0 Å². The summed E-state index contributed by atoms with van der Waals surface area (Å²) in [6, 6.07) is 0. The van der Waals surface area contributed by atoms with Gasteiger partial charge in [0.1, 0.15) is 0 Å². The van der Waals surface area contributed by atoms with Crippen LogP contribution in [0, 0.1) is 11.3 Å². The van der Waals surface area contributed by atoms with Gasteiger partial charge in [0.25, 0.3) is 10.1 Å². The smallest absolute Gasteiger partial charge is 0.306 e. The second-order valence-electron chi connectivity index (χ2n) is 5.41. The minimum Gasteiger partial charge on any atom is -0.481 e. The lowest BCUT2D eigenvalue weighted by Crippen LogP contribution is -2.34. The first-order chi connectivity index (χ1) is 8.98. The minimum absolute atomic E-state index is 0.192. The Labute approximate surface area is 119 Å². The van der Waals surface area contributed by atoms with E-state index < -0.39 is 27.4 Å². The molecule has 1 amide bonds. The van der Waals surface area contributed by atoms with Crippen LogP contribution in [0.2, 0.25) is 0 Å². The molecule has 0 aliphatic heterocycles. The van der Waals surface area contributed by atoms with Gasteiger partial charge in [-0.05, 0) is 6.42 Å². The number of hydrogen-bond donors (Lipinski definition) is 2. The van der Waals surface area contributed by atoms with E-state index in [4.69, 9.17) is 9.29 Å². The fourth-order valence-corrected chi connectivity index (χ4v) is 2.37. The molecule has 0 aromatic rings. The van der Waals surface area contributed by atoms with Crippen LogP contribution in [0.1, 0.15) is 34.1 Å². The largest absolute Gasteiger partial charge is 0.481 e. The molecule has 0 aliphatic carbocycles. The highest BCUT2D eigenvalue weighted by atomic mass is 32.2. The molecule has 1 unspecified atom stereocenters. The van der Waals surface area contributed by atoms with Crippen LogP contribution < -0.4 is 5.32 Å². The highest BCUT2D eigenvalue weighted by Crippen LogP contribution is 2.27. The Morgan fingerprint density at radius 2 is 1.90 bits per heavy atom. The van der Waals surface area contributed by atoms with Crippen LogP contribution in [-0.4, -0.2) is 44.3 Å². The Kier molecular flexibility index (Phi) is 7.15. The third-order valence-electron chi connectivity index (χ3n) is 3.10. The molecular weight excluding hydrogens is 286 g/mol. The molecule has 0 aromatic carbocycles. The summed E-state index contributed by atoms with van der Waals surface area (Å²) in [4.78, 5) is 21.5. The van der Waals surface area contributed by atoms with Crippen molar-refractivity contribution in [1.29, 1.82) is 0 Å². The van der Waals surface area contributed by atoms with Crippen molar-refractivity contribution in [2.45, 2.75) is 34.1 Å². The molecule has 0 radical (unpaired) electrons. The zero-order valence-electron chi connectivity index (χ0n) is 12.3. The zero-order chi connectivity index (χ0) is 16.0. The summed E-state index contributed by atoms with van der Waals surface area (Å²) in [5.74, 6) is -2.16. The number of aliphatic carboxylic acids is 1. The van der Waals surface area contributed by atoms with Crippen LogP contribution in [0.4, 0.5) is 0 Å². The van der Waals surface area contributed by atoms with E-state index in [0.29, 0.717) is 0 Å². The fraction of sp³-hybridized carbons (Fsp3) is 0.833. The average Bonchev–Trinajstić information content (AvgIpc) is 2.31. The van der Waals surface area contributed by atoms with Crippen LogP contribution in [-0.2, 0) is 23.9 Å². The SMILES string of the molecule is CC(=O)NCCCS(=O)(=O)OCC(C)(C)C(C)C(=O)O. The van der Waals surface area contributed by atoms with E-state index in [1.807, 2.05) is 0 Å². The van der Waals surface area contributed by atoms with Gasteiger partial charge in [-0.2, -0.15) is 8.42 Å². The van der Waals surface area contributed by atoms with Gasteiger partial charge in [-0.3, -0.25) is 13.8 Å². The molecule has 0 rings (SSSR count). The third-order valence-corrected chi connectivity index (χ3v) is 4.36. The molecule has 7 nitrogen and oxygen atoms in total. The lowest BCUT2D eigenvalue weighted by Gasteiger charge is -2.28. The van der Waals surface area contributed by atoms with E-state index in [-0.39, 0.29) is 31.2 Å². The maximum atomic E-state index is 11.6. The van der Waals surface area contributed by atoms with E-state index in [1.165, 1.54) is 13.8 Å². The Bertz CT molecular complexity index is 443. The molecular formula is C12H23NO6S. The maximum Gasteiger partial charge on any atom is 0.306 e. The molecule has 0 bridgehead atoms. The number of nitrogens with one attached hydrogen (secondary N) is 1. The molecule has 118 valence electrons. The molecule has 0 saturated heterocycles. The van der Waals surface area contributed by atoms with Gasteiger partial charge in [0.05, 0.1) is 18.3 Å². The van der Waals surface area contributed by atoms with Gasteiger partial charge in [0.2, 0.25) is 5.91 Å². The van der Waals surface area contributed by atoms with Gasteiger partial charge >= 0.3 is 5.97 Å². The highest BCUT2D eigenvalue weighted by molar-refractivity contribution is 7.86. The lowest BCUT2D eigenvalue weighted by atomic mass is 9.81. The van der Waals surface area contributed by atoms with Crippen molar-refractivity contribution < 1.29 is 27.3 Å². The number of amides is 1. The van der Waals surface area contributed by atoms with Crippen LogP contribution >= 0.6 is 0 Å². The Morgan fingerprint density at radius 1 is 1.35 bits per heavy atom. The van der Waals surface area contributed by atoms with E-state index in [1.54, 1.807) is 13.8 Å². The fourth-order valence-electron chi connectivity index (χ4n) is 1.27. The van der Waals surface area contributed by atoms with E-state index in [0.717, 1.165) is 0 Å². The summed E-state index contributed by atoms with van der Waals surface area (Å²) in [6.07, 6.45) is 0.247. The molecule has 0 saturated carbocycles. The zero-order valence-corrected chi connectivity index (χ0v) is 13.1. The third kappa shape index (κ3) is 7.44. The second kappa shape index (κ2) is 7.58. The number of carbonyl (C=O) groups excluding carboxylic acids is 1. The number of carbonyl (C=O) groups is 2. The maximum absolute atomic E-state index is 11.6. The summed E-state index contributed by atoms with van der Waals surface area (Å²) in [6.45, 7) is 6.20. The van der Waals surface area contributed by atoms with Crippen molar-refractivity contribution in [2.75, 3.05) is 18.9 Å². The predicted molar refractivity (Wildman–Crippen MR) is 73.6 cm³/mol. The first kappa shape index (κ1) is 18.9. The number of rotatable bonds is 9. The van der Waals surface area contributed by atoms with Crippen LogP contribution in [0.25, 0.3) is 0 Å². The molecule has 2 N–H and O–H groups in total. The number of hydrogen-bond acceptors (Lipinski definition) is 5. The van der Waals surface area contributed by atoms with E-state index in [2.05, 4.69) is 5.32 Å². The van der Waals surface area contributed by atoms with E-state index in [9.17, 15) is 18.0 Å². The van der Waals surface area contributed by atoms with Crippen molar-refractivity contribution in [2.24, 2.45) is 11.3 Å². The molecule has 0 aliphatic rings. The van der Waals surface area contributed by atoms with Crippen molar-refractivity contribution in [3.63, 3.8) is 0 Å². The van der Waals surface area contributed by atoms with Crippen molar-refractivity contribution in [1.82, 2.24) is 5.32 Å². The summed E-state index contributed by atoms with van der Waals surface area (Å²) >= 11 is 0. The molecule has 20 heavy (non-hydrogen) atoms. The number of carboxylic acid groups (broad SMARTS) is 1. The van der Waals surface area contributed by atoms with Gasteiger partial charge in [-0.15, -0.1) is 0 Å². The summed E-state index contributed by atoms with van der Waals surface area (Å²) < 4.78 is 28.1. The minimum atomic E-state index is -3.72. The van der Waals surface area contributed by atoms with Gasteiger partial charge in [-0.1, -0.05) is 20.8 Å². The first-order valence-electron chi connectivity index (χ1n) is 6.32. The normalized spacial score (nSPS) is 13.8. The van der Waals surface area contributed by atoms with Gasteiger partial charge in [-0.25, -0.2) is 0 Å². The van der Waals surface area contributed by atoms with Gasteiger partial charge < -0.3 is 10.4 Å². The summed E-state index contributed by atoms with van der Waals surface area (Å²) in [7, 11) is -3.72. The molecule has 0 spiro atoms. The Balaban J connectivity index is 4.28. The van der Waals surface area contributed by atoms with Crippen molar-refractivity contribution in [3.05, 3.63) is 0 Å². The van der Waals surface area contributed by atoms with E-state index >= 15 is 0 Å². The number of carboxylic acids is 1. The standard InChI is InChI=1S/C12H23NO6S/c1-9(11(15)16)12(3,4)8-19-20(17,18)7-5-6-13-10(2)14/h9H,5-8H2,1-4H3,(H,13,14)(H,15,16). The molecule has 1 atom stereocenters. The van der Waals surface area contributed by atoms with Gasteiger partial charge in [0, 0.05) is 18.9 Å². The lowest BCUT2D eigenvalue weighted by molar-refractivity contribution is -0.145. The molecule has 8 heteroatoms. The monoisotopic (exact) mass is 309 g/mol. The molecule has 0 aromatic heterocycles. The van der Waals surface area contributed by atoms with Crippen molar-refractivity contribution in [3.8, 4) is 0 Å². The summed E-state index contributed by atoms with van der Waals surface area (Å²) in [5.41, 5.74) is -0.795. The first-order valence-corrected chi connectivity index (χ1v) is 7.90.